The van der Waals surface area contributed by atoms with E-state index in [1.54, 1.807) is 25.1 Å². The molecule has 3 aromatic rings. The quantitative estimate of drug-likeness (QED) is 0.309. The molecule has 0 heterocycles. The molecular weight excluding hydrogens is 502 g/mol. The molecular formula is C26H22ClF4NO4. The zero-order valence-corrected chi connectivity index (χ0v) is 20.0. The third kappa shape index (κ3) is 6.97. The van der Waals surface area contributed by atoms with Crippen LogP contribution < -0.4 is 10.1 Å². The smallest absolute Gasteiger partial charge is 0.416 e. The SMILES string of the molecule is Cc1cc(Oc2cc(F)cc(C(C)NC(=O)c3ccc(C(F)(F)F)cc3Cl)c2)ccc1CCC(=O)O. The number of aryl methyl sites for hydroxylation is 2. The van der Waals surface area contributed by atoms with Crippen molar-refractivity contribution in [3.8, 4) is 11.5 Å². The number of hydrogen-bond donors (Lipinski definition) is 2. The molecule has 0 aliphatic rings. The van der Waals surface area contributed by atoms with Crippen LogP contribution in [0, 0.1) is 12.7 Å². The van der Waals surface area contributed by atoms with E-state index in [1.165, 1.54) is 18.2 Å². The van der Waals surface area contributed by atoms with E-state index in [0.717, 1.165) is 23.3 Å². The first-order chi connectivity index (χ1) is 16.8. The largest absolute Gasteiger partial charge is 0.481 e. The van der Waals surface area contributed by atoms with Crippen molar-refractivity contribution in [1.82, 2.24) is 5.32 Å². The van der Waals surface area contributed by atoms with Gasteiger partial charge in [0.25, 0.3) is 5.91 Å². The van der Waals surface area contributed by atoms with Crippen molar-refractivity contribution in [2.24, 2.45) is 0 Å². The first-order valence-corrected chi connectivity index (χ1v) is 11.2. The number of aliphatic carboxylic acids is 1. The number of carboxylic acids is 1. The molecule has 0 aromatic heterocycles. The lowest BCUT2D eigenvalue weighted by molar-refractivity contribution is -0.138. The normalized spacial score (nSPS) is 12.2. The minimum atomic E-state index is -4.60. The van der Waals surface area contributed by atoms with Crippen LogP contribution in [-0.4, -0.2) is 17.0 Å². The Morgan fingerprint density at radius 3 is 2.39 bits per heavy atom. The van der Waals surface area contributed by atoms with E-state index in [-0.39, 0.29) is 22.8 Å². The summed E-state index contributed by atoms with van der Waals surface area (Å²) >= 11 is 5.89. The van der Waals surface area contributed by atoms with Gasteiger partial charge in [-0.1, -0.05) is 17.7 Å². The molecule has 1 amide bonds. The molecule has 36 heavy (non-hydrogen) atoms. The maximum Gasteiger partial charge on any atom is 0.416 e. The number of carbonyl (C=O) groups is 2. The van der Waals surface area contributed by atoms with Crippen molar-refractivity contribution in [3.63, 3.8) is 0 Å². The van der Waals surface area contributed by atoms with Gasteiger partial charge in [-0.3, -0.25) is 9.59 Å². The van der Waals surface area contributed by atoms with Crippen molar-refractivity contribution in [1.29, 1.82) is 0 Å². The molecule has 10 heteroatoms. The number of carbonyl (C=O) groups excluding carboxylic acids is 1. The van der Waals surface area contributed by atoms with Crippen LogP contribution in [-0.2, 0) is 17.4 Å². The lowest BCUT2D eigenvalue weighted by Crippen LogP contribution is -2.27. The van der Waals surface area contributed by atoms with Gasteiger partial charge >= 0.3 is 12.1 Å². The second kappa shape index (κ2) is 11.0. The highest BCUT2D eigenvalue weighted by atomic mass is 35.5. The average molecular weight is 524 g/mol. The molecule has 0 aliphatic heterocycles. The van der Waals surface area contributed by atoms with E-state index in [2.05, 4.69) is 5.32 Å². The first kappa shape index (κ1) is 27.0. The van der Waals surface area contributed by atoms with Gasteiger partial charge < -0.3 is 15.2 Å². The molecule has 0 saturated heterocycles. The van der Waals surface area contributed by atoms with E-state index in [0.29, 0.717) is 23.8 Å². The zero-order chi connectivity index (χ0) is 26.6. The summed E-state index contributed by atoms with van der Waals surface area (Å²) in [6, 6.07) is 10.7. The van der Waals surface area contributed by atoms with Crippen LogP contribution in [0.3, 0.4) is 0 Å². The van der Waals surface area contributed by atoms with E-state index in [1.807, 2.05) is 6.92 Å². The van der Waals surface area contributed by atoms with Gasteiger partial charge in [-0.2, -0.15) is 13.2 Å². The van der Waals surface area contributed by atoms with Gasteiger partial charge in [0, 0.05) is 12.5 Å². The molecule has 1 atom stereocenters. The number of nitrogens with one attached hydrogen (secondary N) is 1. The van der Waals surface area contributed by atoms with Gasteiger partial charge in [-0.25, -0.2) is 4.39 Å². The Morgan fingerprint density at radius 1 is 1.06 bits per heavy atom. The van der Waals surface area contributed by atoms with E-state index < -0.39 is 35.5 Å². The third-order valence-corrected chi connectivity index (χ3v) is 5.75. The summed E-state index contributed by atoms with van der Waals surface area (Å²) in [4.78, 5) is 23.4. The highest BCUT2D eigenvalue weighted by molar-refractivity contribution is 6.33. The Bertz CT molecular complexity index is 1290. The lowest BCUT2D eigenvalue weighted by atomic mass is 10.0. The Balaban J connectivity index is 1.74. The van der Waals surface area contributed by atoms with E-state index in [9.17, 15) is 27.2 Å². The Morgan fingerprint density at radius 2 is 1.78 bits per heavy atom. The fourth-order valence-corrected chi connectivity index (χ4v) is 3.78. The molecule has 0 aliphatic carbocycles. The predicted molar refractivity (Wildman–Crippen MR) is 126 cm³/mol. The fourth-order valence-electron chi connectivity index (χ4n) is 3.52. The number of alkyl halides is 3. The van der Waals surface area contributed by atoms with Gasteiger partial charge in [-0.05, 0) is 79.4 Å². The van der Waals surface area contributed by atoms with Crippen molar-refractivity contribution < 1.29 is 37.0 Å². The number of halogens is 5. The maximum absolute atomic E-state index is 14.3. The lowest BCUT2D eigenvalue weighted by Gasteiger charge is -2.17. The van der Waals surface area contributed by atoms with Crippen LogP contribution in [0.5, 0.6) is 11.5 Å². The molecule has 190 valence electrons. The maximum atomic E-state index is 14.3. The number of carboxylic acid groups (broad SMARTS) is 1. The Labute approximate surface area is 209 Å². The van der Waals surface area contributed by atoms with Crippen molar-refractivity contribution in [2.45, 2.75) is 38.9 Å². The number of hydrogen-bond acceptors (Lipinski definition) is 3. The Kier molecular flexibility index (Phi) is 8.24. The number of benzene rings is 3. The summed E-state index contributed by atoms with van der Waals surface area (Å²) in [6.07, 6.45) is -4.23. The summed E-state index contributed by atoms with van der Waals surface area (Å²) in [7, 11) is 0. The van der Waals surface area contributed by atoms with Gasteiger partial charge in [0.05, 0.1) is 22.2 Å². The van der Waals surface area contributed by atoms with Crippen LogP contribution in [0.2, 0.25) is 5.02 Å². The monoisotopic (exact) mass is 523 g/mol. The second-order valence-electron chi connectivity index (χ2n) is 8.19. The molecule has 1 unspecified atom stereocenters. The molecule has 2 N–H and O–H groups in total. The number of ether oxygens (including phenoxy) is 1. The second-order valence-corrected chi connectivity index (χ2v) is 8.60. The van der Waals surface area contributed by atoms with E-state index in [4.69, 9.17) is 21.4 Å². The van der Waals surface area contributed by atoms with Crippen LogP contribution in [0.1, 0.15) is 52.0 Å². The van der Waals surface area contributed by atoms with Crippen LogP contribution in [0.15, 0.2) is 54.6 Å². The molecule has 0 spiro atoms. The van der Waals surface area contributed by atoms with Gasteiger partial charge in [0.1, 0.15) is 17.3 Å². The predicted octanol–water partition coefficient (Wildman–Crippen LogP) is 7.11. The van der Waals surface area contributed by atoms with Crippen LogP contribution in [0.25, 0.3) is 0 Å². The topological polar surface area (TPSA) is 75.6 Å². The van der Waals surface area contributed by atoms with Crippen molar-refractivity contribution >= 4 is 23.5 Å². The molecule has 5 nitrogen and oxygen atoms in total. The summed E-state index contributed by atoms with van der Waals surface area (Å²) in [5, 5.41) is 11.1. The molecule has 0 bridgehead atoms. The number of rotatable bonds is 8. The first-order valence-electron chi connectivity index (χ1n) is 10.8. The summed E-state index contributed by atoms with van der Waals surface area (Å²) in [6.45, 7) is 3.39. The molecule has 3 rings (SSSR count). The van der Waals surface area contributed by atoms with Crippen molar-refractivity contribution in [3.05, 3.63) is 93.3 Å². The highest BCUT2D eigenvalue weighted by Crippen LogP contribution is 2.33. The zero-order valence-electron chi connectivity index (χ0n) is 19.2. The molecule has 0 saturated carbocycles. The van der Waals surface area contributed by atoms with Crippen LogP contribution in [0.4, 0.5) is 17.6 Å². The van der Waals surface area contributed by atoms with Gasteiger partial charge in [0.2, 0.25) is 0 Å². The summed E-state index contributed by atoms with van der Waals surface area (Å²) in [5.41, 5.74) is 0.899. The summed E-state index contributed by atoms with van der Waals surface area (Å²) < 4.78 is 58.6. The standard InChI is InChI=1S/C26H22ClF4NO4/c1-14-9-20(6-3-16(14)4-8-24(33)34)36-21-11-17(10-19(28)13-21)15(2)32-25(35)22-7-5-18(12-23(22)27)26(29,30)31/h3,5-7,9-13,15H,4,8H2,1-2H3,(H,32,35)(H,33,34). The third-order valence-electron chi connectivity index (χ3n) is 5.44. The molecule has 0 fully saturated rings. The van der Waals surface area contributed by atoms with Crippen molar-refractivity contribution in [2.75, 3.05) is 0 Å². The summed E-state index contributed by atoms with van der Waals surface area (Å²) in [5.74, 6) is -1.66. The molecule has 3 aromatic carbocycles. The Hall–Kier alpha value is -3.59. The molecule has 0 radical (unpaired) electrons. The van der Waals surface area contributed by atoms with E-state index >= 15 is 0 Å². The fraction of sp³-hybridized carbons (Fsp3) is 0.231. The average Bonchev–Trinajstić information content (AvgIpc) is 2.77. The number of amides is 1. The van der Waals surface area contributed by atoms with Crippen LogP contribution >= 0.6 is 11.6 Å². The van der Waals surface area contributed by atoms with Gasteiger partial charge in [0.15, 0.2) is 0 Å². The van der Waals surface area contributed by atoms with Gasteiger partial charge in [-0.15, -0.1) is 0 Å². The highest BCUT2D eigenvalue weighted by Gasteiger charge is 2.31. The minimum absolute atomic E-state index is 0.00437. The minimum Gasteiger partial charge on any atom is -0.481 e.